The Hall–Kier alpha value is -5.04. The summed E-state index contributed by atoms with van der Waals surface area (Å²) in [5, 5.41) is 2.61. The van der Waals surface area contributed by atoms with Gasteiger partial charge in [-0.3, -0.25) is 24.6 Å². The number of ether oxygens (including phenoxy) is 2. The lowest BCUT2D eigenvalue weighted by atomic mass is 9.97. The van der Waals surface area contributed by atoms with Crippen LogP contribution in [-0.2, 0) is 29.1 Å². The van der Waals surface area contributed by atoms with E-state index in [1.165, 1.54) is 4.57 Å². The minimum atomic E-state index is -0.979. The highest BCUT2D eigenvalue weighted by molar-refractivity contribution is 6.02. The summed E-state index contributed by atoms with van der Waals surface area (Å²) in [5.74, 6) is 4.75. The van der Waals surface area contributed by atoms with Crippen LogP contribution in [0.25, 0.3) is 11.3 Å². The number of nitrogens with zero attached hydrogens (tertiary/aromatic N) is 3. The first-order valence-electron chi connectivity index (χ1n) is 13.9. The molecule has 0 saturated carbocycles. The van der Waals surface area contributed by atoms with E-state index in [1.54, 1.807) is 11.7 Å². The van der Waals surface area contributed by atoms with Crippen LogP contribution in [0.1, 0.15) is 29.2 Å². The molecule has 0 unspecified atom stereocenters. The van der Waals surface area contributed by atoms with Crippen molar-refractivity contribution in [1.29, 1.82) is 0 Å². The standard InChI is InChI=1S/C30H38N8O5/c1-6-43-23-13-19-7-9-37-21(20(19)14-22(23)42-5)15-24(35-26-17(3)11-16(2)12-18(26)4)38(30(37)41)10-8-34-29(40)25(31)27(36-33)28(32)39/h11-15,36H,6-10,31,33H2,1-5H3,(H2,32,39)(H,34,40)/b27-25-,35-24?. The number of rotatable bonds is 10. The molecule has 0 atom stereocenters. The van der Waals surface area contributed by atoms with Crippen LogP contribution in [-0.4, -0.2) is 41.2 Å². The Morgan fingerprint density at radius 3 is 2.35 bits per heavy atom. The summed E-state index contributed by atoms with van der Waals surface area (Å²) in [5.41, 5.74) is 18.6. The summed E-state index contributed by atoms with van der Waals surface area (Å²) < 4.78 is 14.6. The van der Waals surface area contributed by atoms with E-state index in [0.717, 1.165) is 33.5 Å². The minimum Gasteiger partial charge on any atom is -0.493 e. The van der Waals surface area contributed by atoms with Gasteiger partial charge in [0.25, 0.3) is 11.8 Å². The molecule has 3 aromatic rings. The number of hydrazine groups is 1. The Kier molecular flexibility index (Phi) is 9.24. The van der Waals surface area contributed by atoms with Gasteiger partial charge in [-0.05, 0) is 62.9 Å². The van der Waals surface area contributed by atoms with Crippen LogP contribution in [0.15, 0.2) is 51.5 Å². The number of fused-ring (bicyclic) bond motifs is 3. The number of hydrogen-bond donors (Lipinski definition) is 5. The number of primary amides is 1. The molecule has 228 valence electrons. The summed E-state index contributed by atoms with van der Waals surface area (Å²) in [6.07, 6.45) is 0.610. The maximum atomic E-state index is 14.0. The summed E-state index contributed by atoms with van der Waals surface area (Å²) >= 11 is 0. The van der Waals surface area contributed by atoms with Crippen molar-refractivity contribution in [3.63, 3.8) is 0 Å². The topological polar surface area (TPSA) is 194 Å². The van der Waals surface area contributed by atoms with E-state index in [4.69, 9.17) is 31.8 Å². The Bertz CT molecular complexity index is 1730. The molecule has 43 heavy (non-hydrogen) atoms. The summed E-state index contributed by atoms with van der Waals surface area (Å²) in [6.45, 7) is 8.88. The highest BCUT2D eigenvalue weighted by atomic mass is 16.5. The van der Waals surface area contributed by atoms with E-state index < -0.39 is 23.2 Å². The first kappa shape index (κ1) is 30.9. The maximum Gasteiger partial charge on any atom is 0.330 e. The third kappa shape index (κ3) is 6.26. The fourth-order valence-corrected chi connectivity index (χ4v) is 5.31. The number of carbonyl (C=O) groups excluding carboxylic acids is 2. The largest absolute Gasteiger partial charge is 0.493 e. The van der Waals surface area contributed by atoms with Crippen LogP contribution in [0, 0.1) is 20.8 Å². The van der Waals surface area contributed by atoms with Crippen LogP contribution in [0.4, 0.5) is 5.69 Å². The number of amides is 2. The van der Waals surface area contributed by atoms with E-state index >= 15 is 0 Å². The molecular weight excluding hydrogens is 552 g/mol. The van der Waals surface area contributed by atoms with Gasteiger partial charge in [0.2, 0.25) is 0 Å². The smallest absolute Gasteiger partial charge is 0.330 e. The van der Waals surface area contributed by atoms with Gasteiger partial charge in [0, 0.05) is 31.3 Å². The quantitative estimate of drug-likeness (QED) is 0.129. The number of nitrogens with one attached hydrogen (secondary N) is 2. The zero-order chi connectivity index (χ0) is 31.4. The SMILES string of the molecule is CCOc1cc2c(cc1OC)-c1cc(=Nc3c(C)cc(C)cc3C)n(CCNC(=O)/C(N)=C(/NN)C(N)=O)c(=O)n1CC2. The molecule has 13 heteroatoms. The second-order valence-corrected chi connectivity index (χ2v) is 10.2. The zero-order valence-corrected chi connectivity index (χ0v) is 25.0. The average molecular weight is 591 g/mol. The van der Waals surface area contributed by atoms with Gasteiger partial charge in [-0.25, -0.2) is 9.79 Å². The van der Waals surface area contributed by atoms with Crippen molar-refractivity contribution in [1.82, 2.24) is 19.9 Å². The third-order valence-electron chi connectivity index (χ3n) is 7.25. The van der Waals surface area contributed by atoms with E-state index in [-0.39, 0.29) is 18.8 Å². The first-order valence-corrected chi connectivity index (χ1v) is 13.9. The molecule has 4 rings (SSSR count). The molecule has 0 radical (unpaired) electrons. The van der Waals surface area contributed by atoms with Crippen LogP contribution >= 0.6 is 0 Å². The van der Waals surface area contributed by atoms with Crippen molar-refractivity contribution >= 4 is 17.5 Å². The second-order valence-electron chi connectivity index (χ2n) is 10.2. The van der Waals surface area contributed by atoms with Crippen LogP contribution in [0.2, 0.25) is 0 Å². The average Bonchev–Trinajstić information content (AvgIpc) is 2.95. The molecule has 0 aliphatic carbocycles. The predicted octanol–water partition coefficient (Wildman–Crippen LogP) is 0.673. The van der Waals surface area contributed by atoms with E-state index in [0.29, 0.717) is 42.3 Å². The van der Waals surface area contributed by atoms with E-state index in [2.05, 4.69) is 5.32 Å². The molecule has 8 N–H and O–H groups in total. The molecule has 2 aromatic carbocycles. The molecule has 13 nitrogen and oxygen atoms in total. The maximum absolute atomic E-state index is 14.0. The third-order valence-corrected chi connectivity index (χ3v) is 7.25. The van der Waals surface area contributed by atoms with Gasteiger partial charge in [0.05, 0.1) is 25.1 Å². The van der Waals surface area contributed by atoms with Crippen LogP contribution < -0.4 is 48.7 Å². The predicted molar refractivity (Wildman–Crippen MR) is 162 cm³/mol. The Balaban J connectivity index is 1.85. The van der Waals surface area contributed by atoms with Gasteiger partial charge in [0.1, 0.15) is 16.9 Å². The highest BCUT2D eigenvalue weighted by Crippen LogP contribution is 2.37. The van der Waals surface area contributed by atoms with Gasteiger partial charge >= 0.3 is 5.69 Å². The van der Waals surface area contributed by atoms with Crippen LogP contribution in [0.3, 0.4) is 0 Å². The van der Waals surface area contributed by atoms with Crippen molar-refractivity contribution < 1.29 is 19.1 Å². The number of carbonyl (C=O) groups is 2. The number of aryl methyl sites for hydroxylation is 4. The van der Waals surface area contributed by atoms with E-state index in [9.17, 15) is 14.4 Å². The van der Waals surface area contributed by atoms with Gasteiger partial charge in [-0.15, -0.1) is 0 Å². The molecule has 0 saturated heterocycles. The van der Waals surface area contributed by atoms with Crippen molar-refractivity contribution in [3.05, 3.63) is 80.0 Å². The lowest BCUT2D eigenvalue weighted by Crippen LogP contribution is -2.45. The lowest BCUT2D eigenvalue weighted by Gasteiger charge is -2.25. The van der Waals surface area contributed by atoms with Gasteiger partial charge < -0.3 is 31.7 Å². The summed E-state index contributed by atoms with van der Waals surface area (Å²) in [6, 6.07) is 9.79. The molecule has 1 aliphatic rings. The molecule has 1 aliphatic heterocycles. The Morgan fingerprint density at radius 2 is 1.74 bits per heavy atom. The number of nitrogens with two attached hydrogens (primary N) is 3. The number of methoxy groups -OCH3 is 1. The van der Waals surface area contributed by atoms with Crippen molar-refractivity contribution in [2.75, 3.05) is 20.3 Å². The van der Waals surface area contributed by atoms with Crippen molar-refractivity contribution in [3.8, 4) is 22.8 Å². The van der Waals surface area contributed by atoms with Crippen molar-refractivity contribution in [2.24, 2.45) is 22.3 Å². The summed E-state index contributed by atoms with van der Waals surface area (Å²) in [7, 11) is 1.58. The normalized spacial score (nSPS) is 13.0. The van der Waals surface area contributed by atoms with Crippen molar-refractivity contribution in [2.45, 2.75) is 47.2 Å². The van der Waals surface area contributed by atoms with Gasteiger partial charge in [0.15, 0.2) is 11.5 Å². The van der Waals surface area contributed by atoms with E-state index in [1.807, 2.05) is 63.5 Å². The fourth-order valence-electron chi connectivity index (χ4n) is 5.31. The summed E-state index contributed by atoms with van der Waals surface area (Å²) in [4.78, 5) is 43.1. The molecule has 2 amide bonds. The minimum absolute atomic E-state index is 0.00586. The molecule has 2 heterocycles. The molecule has 0 fully saturated rings. The molecule has 0 bridgehead atoms. The fraction of sp³-hybridized carbons (Fsp3) is 0.333. The lowest BCUT2D eigenvalue weighted by molar-refractivity contribution is -0.119. The van der Waals surface area contributed by atoms with Gasteiger partial charge in [-0.1, -0.05) is 17.7 Å². The molecular formula is C30H38N8O5. The second kappa shape index (κ2) is 12.9. The Labute approximate surface area is 249 Å². The molecule has 1 aromatic heterocycles. The zero-order valence-electron chi connectivity index (χ0n) is 25.0. The molecule has 0 spiro atoms. The number of hydrogen-bond acceptors (Lipinski definition) is 9. The van der Waals surface area contributed by atoms with Crippen LogP contribution in [0.5, 0.6) is 11.5 Å². The number of aromatic nitrogens is 2. The first-order chi connectivity index (χ1) is 20.5. The Morgan fingerprint density at radius 1 is 1.05 bits per heavy atom. The number of benzene rings is 2. The highest BCUT2D eigenvalue weighted by Gasteiger charge is 2.23. The monoisotopic (exact) mass is 590 g/mol. The van der Waals surface area contributed by atoms with Gasteiger partial charge in [-0.2, -0.15) is 0 Å².